The van der Waals surface area contributed by atoms with E-state index in [9.17, 15) is 0 Å². The molecule has 0 aliphatic heterocycles. The molecule has 37 heavy (non-hydrogen) atoms. The van der Waals surface area contributed by atoms with Crippen molar-refractivity contribution in [2.75, 3.05) is 10.6 Å². The van der Waals surface area contributed by atoms with Gasteiger partial charge in [0, 0.05) is 17.4 Å². The Hall–Kier alpha value is -1.93. The molecule has 5 rings (SSSR count). The highest BCUT2D eigenvalue weighted by Gasteiger charge is 2.41. The molecule has 2 N–H and O–H groups in total. The fourth-order valence-corrected chi connectivity index (χ4v) is 7.96. The molecule has 0 saturated heterocycles. The number of hydrogen-bond donors (Lipinski definition) is 2. The molecule has 2 nitrogen and oxygen atoms in total. The van der Waals surface area contributed by atoms with Crippen molar-refractivity contribution in [1.82, 2.24) is 0 Å². The van der Waals surface area contributed by atoms with Crippen molar-refractivity contribution in [2.24, 2.45) is 23.7 Å². The molecule has 0 amide bonds. The van der Waals surface area contributed by atoms with E-state index in [-0.39, 0.29) is 5.41 Å². The second kappa shape index (κ2) is 12.3. The quantitative estimate of drug-likeness (QED) is 0.370. The van der Waals surface area contributed by atoms with E-state index in [4.69, 9.17) is 11.6 Å². The van der Waals surface area contributed by atoms with E-state index in [1.165, 1.54) is 74.6 Å². The highest BCUT2D eigenvalue weighted by molar-refractivity contribution is 6.33. The van der Waals surface area contributed by atoms with Crippen LogP contribution in [0.2, 0.25) is 5.02 Å². The van der Waals surface area contributed by atoms with Gasteiger partial charge in [-0.15, -0.1) is 0 Å². The van der Waals surface area contributed by atoms with Gasteiger partial charge in [0.1, 0.15) is 0 Å². The molecule has 0 heterocycles. The lowest BCUT2D eigenvalue weighted by Gasteiger charge is -2.47. The molecule has 3 aliphatic carbocycles. The molecule has 2 aromatic carbocycles. The Morgan fingerprint density at radius 2 is 1.54 bits per heavy atom. The first-order chi connectivity index (χ1) is 17.8. The molecule has 4 unspecified atom stereocenters. The standard InChI is InChI=1S/C32H43ClN2.C2H6/c1-21(2)28-7-5-6-8-30(28)34-26-10-12-27(13-11-26)35-31-14-9-25(18-29(31)33)32(4)19-23-15-22(3)16-24(17-23)20-32;1-2/h9-14,18,22-24,28,30,34-35H,1,5-8,15-17,19-20H2,2-4H3;1-2H3. The van der Waals surface area contributed by atoms with E-state index in [1.807, 2.05) is 13.8 Å². The van der Waals surface area contributed by atoms with Crippen LogP contribution in [0.5, 0.6) is 0 Å². The van der Waals surface area contributed by atoms with Crippen LogP contribution in [0.15, 0.2) is 54.6 Å². The maximum Gasteiger partial charge on any atom is 0.0643 e. The lowest BCUT2D eigenvalue weighted by atomic mass is 9.57. The molecule has 3 aliphatic rings. The van der Waals surface area contributed by atoms with Gasteiger partial charge in [0.15, 0.2) is 0 Å². The van der Waals surface area contributed by atoms with Gasteiger partial charge in [0.25, 0.3) is 0 Å². The molecule has 2 bridgehead atoms. The molecule has 202 valence electrons. The van der Waals surface area contributed by atoms with Gasteiger partial charge in [0.05, 0.1) is 10.7 Å². The van der Waals surface area contributed by atoms with Crippen LogP contribution >= 0.6 is 11.6 Å². The molecule has 0 radical (unpaired) electrons. The molecular formula is C34H49ClN2. The van der Waals surface area contributed by atoms with Crippen molar-refractivity contribution in [1.29, 1.82) is 0 Å². The zero-order valence-corrected chi connectivity index (χ0v) is 24.6. The fraction of sp³-hybridized carbons (Fsp3) is 0.588. The average Bonchev–Trinajstić information content (AvgIpc) is 2.87. The van der Waals surface area contributed by atoms with Crippen LogP contribution in [0.1, 0.15) is 98.0 Å². The van der Waals surface area contributed by atoms with E-state index in [0.29, 0.717) is 12.0 Å². The van der Waals surface area contributed by atoms with Crippen LogP contribution in [0, 0.1) is 23.7 Å². The summed E-state index contributed by atoms with van der Waals surface area (Å²) in [6.07, 6.45) is 11.9. The Labute approximate surface area is 231 Å². The monoisotopic (exact) mass is 520 g/mol. The molecule has 3 saturated carbocycles. The van der Waals surface area contributed by atoms with E-state index < -0.39 is 0 Å². The van der Waals surface area contributed by atoms with Crippen molar-refractivity contribution in [3.8, 4) is 0 Å². The van der Waals surface area contributed by atoms with Crippen LogP contribution in [0.4, 0.5) is 17.1 Å². The number of hydrogen-bond acceptors (Lipinski definition) is 2. The maximum atomic E-state index is 6.83. The van der Waals surface area contributed by atoms with E-state index in [0.717, 1.165) is 34.2 Å². The van der Waals surface area contributed by atoms with Crippen LogP contribution in [0.25, 0.3) is 0 Å². The first-order valence-electron chi connectivity index (χ1n) is 14.9. The fourth-order valence-electron chi connectivity index (χ4n) is 7.73. The van der Waals surface area contributed by atoms with Gasteiger partial charge in [-0.1, -0.05) is 70.4 Å². The second-order valence-corrected chi connectivity index (χ2v) is 12.8. The van der Waals surface area contributed by atoms with Gasteiger partial charge in [-0.2, -0.15) is 0 Å². The lowest BCUT2D eigenvalue weighted by molar-refractivity contribution is 0.0899. The number of benzene rings is 2. The number of rotatable bonds is 6. The normalized spacial score (nSPS) is 31.0. The summed E-state index contributed by atoms with van der Waals surface area (Å²) in [6, 6.07) is 15.9. The highest BCUT2D eigenvalue weighted by atomic mass is 35.5. The van der Waals surface area contributed by atoms with Gasteiger partial charge in [-0.05, 0) is 123 Å². The maximum absolute atomic E-state index is 6.83. The Bertz CT molecular complexity index is 1020. The smallest absolute Gasteiger partial charge is 0.0643 e. The van der Waals surface area contributed by atoms with E-state index in [2.05, 4.69) is 80.4 Å². The Balaban J connectivity index is 0.00000156. The van der Waals surface area contributed by atoms with Gasteiger partial charge in [0.2, 0.25) is 0 Å². The van der Waals surface area contributed by atoms with Crippen LogP contribution in [0.3, 0.4) is 0 Å². The summed E-state index contributed by atoms with van der Waals surface area (Å²) in [5.74, 6) is 3.24. The summed E-state index contributed by atoms with van der Waals surface area (Å²) in [5, 5.41) is 8.13. The minimum Gasteiger partial charge on any atom is -0.382 e. The van der Waals surface area contributed by atoms with Gasteiger partial charge in [-0.25, -0.2) is 0 Å². The molecule has 0 spiro atoms. The highest BCUT2D eigenvalue weighted by Crippen LogP contribution is 2.51. The number of anilines is 3. The first kappa shape index (κ1) is 28.1. The third kappa shape index (κ3) is 6.75. The number of nitrogens with one attached hydrogen (secondary N) is 2. The molecule has 4 atom stereocenters. The van der Waals surface area contributed by atoms with Crippen molar-refractivity contribution < 1.29 is 0 Å². The van der Waals surface area contributed by atoms with Gasteiger partial charge in [-0.3, -0.25) is 0 Å². The van der Waals surface area contributed by atoms with E-state index in [1.54, 1.807) is 0 Å². The second-order valence-electron chi connectivity index (χ2n) is 12.4. The summed E-state index contributed by atoms with van der Waals surface area (Å²) in [4.78, 5) is 0. The molecule has 3 heteroatoms. The summed E-state index contributed by atoms with van der Waals surface area (Å²) in [7, 11) is 0. The minimum atomic E-state index is 0.254. The number of halogens is 1. The van der Waals surface area contributed by atoms with Crippen LogP contribution < -0.4 is 10.6 Å². The summed E-state index contributed by atoms with van der Waals surface area (Å²) in [5.41, 5.74) is 6.20. The third-order valence-corrected chi connectivity index (χ3v) is 9.51. The average molecular weight is 521 g/mol. The Kier molecular flexibility index (Phi) is 9.33. The van der Waals surface area contributed by atoms with Gasteiger partial charge >= 0.3 is 0 Å². The van der Waals surface area contributed by atoms with Crippen molar-refractivity contribution in [3.63, 3.8) is 0 Å². The lowest BCUT2D eigenvalue weighted by Crippen LogP contribution is -2.38. The first-order valence-corrected chi connectivity index (χ1v) is 15.3. The SMILES string of the molecule is C=C(C)C1CCCCC1Nc1ccc(Nc2ccc(C3(C)CC4CC(C)CC(C4)C3)cc2Cl)cc1.CC. The summed E-state index contributed by atoms with van der Waals surface area (Å²) < 4.78 is 0. The summed E-state index contributed by atoms with van der Waals surface area (Å²) >= 11 is 6.83. The van der Waals surface area contributed by atoms with Crippen molar-refractivity contribution in [2.45, 2.75) is 104 Å². The molecule has 2 aromatic rings. The predicted octanol–water partition coefficient (Wildman–Crippen LogP) is 10.8. The predicted molar refractivity (Wildman–Crippen MR) is 163 cm³/mol. The van der Waals surface area contributed by atoms with E-state index >= 15 is 0 Å². The Morgan fingerprint density at radius 1 is 0.919 bits per heavy atom. The molecular weight excluding hydrogens is 472 g/mol. The van der Waals surface area contributed by atoms with Gasteiger partial charge < -0.3 is 10.6 Å². The molecule has 3 fully saturated rings. The zero-order chi connectivity index (χ0) is 26.6. The molecule has 0 aromatic heterocycles. The van der Waals surface area contributed by atoms with Crippen LogP contribution in [-0.2, 0) is 5.41 Å². The topological polar surface area (TPSA) is 24.1 Å². The largest absolute Gasteiger partial charge is 0.382 e. The third-order valence-electron chi connectivity index (χ3n) is 9.20. The van der Waals surface area contributed by atoms with Crippen molar-refractivity contribution >= 4 is 28.7 Å². The minimum absolute atomic E-state index is 0.254. The zero-order valence-electron chi connectivity index (χ0n) is 23.9. The summed E-state index contributed by atoms with van der Waals surface area (Å²) in [6.45, 7) is 15.3. The van der Waals surface area contributed by atoms with Crippen LogP contribution in [-0.4, -0.2) is 6.04 Å². The Morgan fingerprint density at radius 3 is 2.16 bits per heavy atom. The van der Waals surface area contributed by atoms with Crippen molar-refractivity contribution in [3.05, 3.63) is 65.2 Å². The number of fused-ring (bicyclic) bond motifs is 2.